The van der Waals surface area contributed by atoms with Crippen LogP contribution in [0.5, 0.6) is 5.88 Å². The average Bonchev–Trinajstić information content (AvgIpc) is 3.31. The van der Waals surface area contributed by atoms with Gasteiger partial charge in [-0.05, 0) is 23.4 Å². The van der Waals surface area contributed by atoms with Crippen LogP contribution in [-0.2, 0) is 6.61 Å². The van der Waals surface area contributed by atoms with E-state index in [1.165, 1.54) is 0 Å². The zero-order valence-electron chi connectivity index (χ0n) is 19.2. The Morgan fingerprint density at radius 3 is 2.56 bits per heavy atom. The number of aliphatic hydroxyl groups is 2. The lowest BCUT2D eigenvalue weighted by Crippen LogP contribution is -2.46. The van der Waals surface area contributed by atoms with Crippen LogP contribution in [-0.4, -0.2) is 50.0 Å². The minimum Gasteiger partial charge on any atom is -0.471 e. The quantitative estimate of drug-likeness (QED) is 0.467. The Kier molecular flexibility index (Phi) is 6.00. The highest BCUT2D eigenvalue weighted by molar-refractivity contribution is 6.77. The summed E-state index contributed by atoms with van der Waals surface area (Å²) in [6.07, 6.45) is 3.23. The number of fused-ring (bicyclic) bond motifs is 1. The zero-order valence-corrected chi connectivity index (χ0v) is 20.2. The molecule has 0 aliphatic heterocycles. The van der Waals surface area contributed by atoms with Crippen molar-refractivity contribution in [3.05, 3.63) is 42.2 Å². The first-order valence-electron chi connectivity index (χ1n) is 11.2. The summed E-state index contributed by atoms with van der Waals surface area (Å²) < 4.78 is 7.81. The molecule has 0 unspecified atom stereocenters. The summed E-state index contributed by atoms with van der Waals surface area (Å²) in [6.45, 7) is 9.07. The molecule has 9 heteroatoms. The SMILES string of the molecule is CC[C@@H]1[C@@H]([Si](C)(C)C)C[C@H](n2cnc3c(OCc4ccccc4)nc(N)nc32)[C@]1(O)CO. The van der Waals surface area contributed by atoms with Gasteiger partial charge in [-0.25, -0.2) is 4.98 Å². The molecule has 0 bridgehead atoms. The number of benzene rings is 1. The second kappa shape index (κ2) is 8.46. The highest BCUT2D eigenvalue weighted by atomic mass is 28.3. The fourth-order valence-corrected chi connectivity index (χ4v) is 8.00. The Bertz CT molecular complexity index is 1080. The van der Waals surface area contributed by atoms with Gasteiger partial charge in [0.25, 0.3) is 0 Å². The molecule has 0 amide bonds. The van der Waals surface area contributed by atoms with Crippen LogP contribution >= 0.6 is 0 Å². The predicted molar refractivity (Wildman–Crippen MR) is 127 cm³/mol. The summed E-state index contributed by atoms with van der Waals surface area (Å²) >= 11 is 0. The second-order valence-electron chi connectivity index (χ2n) is 9.87. The number of aromatic nitrogens is 4. The molecule has 1 aromatic carbocycles. The number of hydrogen-bond donors (Lipinski definition) is 3. The summed E-state index contributed by atoms with van der Waals surface area (Å²) in [5, 5.41) is 22.0. The Morgan fingerprint density at radius 2 is 1.94 bits per heavy atom. The van der Waals surface area contributed by atoms with Crippen molar-refractivity contribution >= 4 is 25.2 Å². The Hall–Kier alpha value is -2.49. The molecule has 172 valence electrons. The highest BCUT2D eigenvalue weighted by Gasteiger charge is 2.57. The highest BCUT2D eigenvalue weighted by Crippen LogP contribution is 2.56. The van der Waals surface area contributed by atoms with Crippen molar-refractivity contribution in [3.63, 3.8) is 0 Å². The molecule has 3 aromatic rings. The van der Waals surface area contributed by atoms with Crippen LogP contribution in [0.15, 0.2) is 36.7 Å². The fourth-order valence-electron chi connectivity index (χ4n) is 5.34. The van der Waals surface area contributed by atoms with Gasteiger partial charge in [-0.15, -0.1) is 0 Å². The molecule has 2 heterocycles. The summed E-state index contributed by atoms with van der Waals surface area (Å²) in [4.78, 5) is 13.2. The van der Waals surface area contributed by atoms with E-state index in [-0.39, 0.29) is 24.5 Å². The van der Waals surface area contributed by atoms with Crippen molar-refractivity contribution in [1.29, 1.82) is 0 Å². The van der Waals surface area contributed by atoms with Crippen molar-refractivity contribution < 1.29 is 14.9 Å². The van der Waals surface area contributed by atoms with Gasteiger partial charge in [0, 0.05) is 8.07 Å². The van der Waals surface area contributed by atoms with E-state index in [2.05, 4.69) is 41.5 Å². The van der Waals surface area contributed by atoms with E-state index < -0.39 is 13.7 Å². The minimum atomic E-state index is -1.59. The molecule has 0 saturated heterocycles. The van der Waals surface area contributed by atoms with Crippen molar-refractivity contribution in [1.82, 2.24) is 19.5 Å². The first-order chi connectivity index (χ1) is 15.2. The molecule has 32 heavy (non-hydrogen) atoms. The lowest BCUT2D eigenvalue weighted by atomic mass is 9.86. The number of rotatable bonds is 7. The van der Waals surface area contributed by atoms with Gasteiger partial charge in [0.05, 0.1) is 19.0 Å². The molecule has 0 radical (unpaired) electrons. The standard InChI is InChI=1S/C23H33N5O3Si/c1-5-16-17(32(2,3)4)11-18(23(16,30)13-29)28-14-25-19-20(28)26-22(24)27-21(19)31-12-15-9-7-6-8-10-15/h6-10,14,16-18,29-30H,5,11-13H2,1-4H3,(H2,24,26,27)/t16-,17+,18+,23+/m1/s1. The van der Waals surface area contributed by atoms with Gasteiger partial charge < -0.3 is 25.3 Å². The molecule has 4 rings (SSSR count). The maximum atomic E-state index is 11.7. The number of nitrogen functional groups attached to an aromatic ring is 1. The van der Waals surface area contributed by atoms with E-state index >= 15 is 0 Å². The van der Waals surface area contributed by atoms with Gasteiger partial charge in [-0.2, -0.15) is 9.97 Å². The minimum absolute atomic E-state index is 0.00889. The number of anilines is 1. The average molecular weight is 456 g/mol. The molecule has 1 fully saturated rings. The number of ether oxygens (including phenoxy) is 1. The largest absolute Gasteiger partial charge is 0.471 e. The maximum Gasteiger partial charge on any atom is 0.247 e. The maximum absolute atomic E-state index is 11.7. The van der Waals surface area contributed by atoms with Gasteiger partial charge >= 0.3 is 0 Å². The van der Waals surface area contributed by atoms with E-state index in [0.717, 1.165) is 18.4 Å². The monoisotopic (exact) mass is 455 g/mol. The third-order valence-corrected chi connectivity index (χ3v) is 9.81. The van der Waals surface area contributed by atoms with Gasteiger partial charge in [0.15, 0.2) is 11.2 Å². The van der Waals surface area contributed by atoms with E-state index in [1.807, 2.05) is 34.9 Å². The normalized spacial score (nSPS) is 26.0. The Balaban J connectivity index is 1.74. The summed E-state index contributed by atoms with van der Waals surface area (Å²) in [5.41, 5.74) is 7.15. The number of imidazole rings is 1. The molecule has 1 aliphatic carbocycles. The van der Waals surface area contributed by atoms with Gasteiger partial charge in [0.2, 0.25) is 11.8 Å². The molecule has 0 spiro atoms. The lowest BCUT2D eigenvalue weighted by molar-refractivity contribution is -0.0727. The predicted octanol–water partition coefficient (Wildman–Crippen LogP) is 3.39. The molecule has 1 saturated carbocycles. The number of aliphatic hydroxyl groups excluding tert-OH is 1. The number of hydrogen-bond acceptors (Lipinski definition) is 7. The first-order valence-corrected chi connectivity index (χ1v) is 14.8. The van der Waals surface area contributed by atoms with E-state index in [4.69, 9.17) is 10.5 Å². The van der Waals surface area contributed by atoms with Crippen LogP contribution in [0.1, 0.15) is 31.4 Å². The van der Waals surface area contributed by atoms with E-state index in [0.29, 0.717) is 29.2 Å². The molecule has 8 nitrogen and oxygen atoms in total. The van der Waals surface area contributed by atoms with Gasteiger partial charge in [0.1, 0.15) is 12.2 Å². The topological polar surface area (TPSA) is 119 Å². The van der Waals surface area contributed by atoms with Crippen LogP contribution in [0, 0.1) is 5.92 Å². The van der Waals surface area contributed by atoms with E-state index in [1.54, 1.807) is 6.33 Å². The molecule has 4 atom stereocenters. The zero-order chi connectivity index (χ0) is 23.1. The third-order valence-electron chi connectivity index (χ3n) is 6.95. The van der Waals surface area contributed by atoms with Crippen LogP contribution in [0.3, 0.4) is 0 Å². The molecule has 2 aromatic heterocycles. The van der Waals surface area contributed by atoms with Crippen LogP contribution in [0.2, 0.25) is 25.2 Å². The third kappa shape index (κ3) is 3.89. The summed E-state index contributed by atoms with van der Waals surface area (Å²) in [7, 11) is -1.59. The van der Waals surface area contributed by atoms with Crippen LogP contribution in [0.25, 0.3) is 11.2 Å². The van der Waals surface area contributed by atoms with Gasteiger partial charge in [-0.1, -0.05) is 63.3 Å². The summed E-state index contributed by atoms with van der Waals surface area (Å²) in [6, 6.07) is 9.45. The van der Waals surface area contributed by atoms with E-state index in [9.17, 15) is 10.2 Å². The van der Waals surface area contributed by atoms with Crippen LogP contribution < -0.4 is 10.5 Å². The van der Waals surface area contributed by atoms with Crippen LogP contribution in [0.4, 0.5) is 5.95 Å². The van der Waals surface area contributed by atoms with Crippen molar-refractivity contribution in [2.75, 3.05) is 12.3 Å². The molecular formula is C23H33N5O3Si. The fraction of sp³-hybridized carbons (Fsp3) is 0.522. The second-order valence-corrected chi connectivity index (χ2v) is 15.3. The molecule has 4 N–H and O–H groups in total. The van der Waals surface area contributed by atoms with Gasteiger partial charge in [-0.3, -0.25) is 0 Å². The smallest absolute Gasteiger partial charge is 0.247 e. The number of nitrogens with zero attached hydrogens (tertiary/aromatic N) is 4. The Morgan fingerprint density at radius 1 is 1.22 bits per heavy atom. The first kappa shape index (κ1) is 22.7. The van der Waals surface area contributed by atoms with Crippen molar-refractivity contribution in [2.24, 2.45) is 5.92 Å². The number of nitrogens with two attached hydrogens (primary N) is 1. The van der Waals surface area contributed by atoms with Crippen molar-refractivity contribution in [3.8, 4) is 5.88 Å². The molecular weight excluding hydrogens is 422 g/mol. The van der Waals surface area contributed by atoms with Crippen molar-refractivity contribution in [2.45, 2.75) is 63.2 Å². The lowest BCUT2D eigenvalue weighted by Gasteiger charge is -2.37. The molecule has 1 aliphatic rings. The Labute approximate surface area is 189 Å². The summed E-state index contributed by atoms with van der Waals surface area (Å²) in [5.74, 6) is 0.408.